The van der Waals surface area contributed by atoms with Crippen LogP contribution >= 0.6 is 22.6 Å². The maximum atomic E-state index is 14.5. The van der Waals surface area contributed by atoms with E-state index in [-0.39, 0.29) is 39.2 Å². The van der Waals surface area contributed by atoms with Crippen molar-refractivity contribution in [2.45, 2.75) is 25.1 Å². The normalized spacial score (nSPS) is 16.4. The second-order valence-electron chi connectivity index (χ2n) is 7.41. The molecule has 0 aliphatic carbocycles. The molecule has 1 aliphatic heterocycles. The third kappa shape index (κ3) is 4.11. The van der Waals surface area contributed by atoms with Crippen LogP contribution in [0.15, 0.2) is 35.1 Å². The molecule has 12 heteroatoms. The zero-order valence-corrected chi connectivity index (χ0v) is 19.1. The minimum atomic E-state index is -4.79. The maximum absolute atomic E-state index is 14.5. The van der Waals surface area contributed by atoms with E-state index < -0.39 is 40.8 Å². The van der Waals surface area contributed by atoms with Gasteiger partial charge >= 0.3 is 12.3 Å². The number of alkyl halides is 3. The molecule has 174 valence electrons. The van der Waals surface area contributed by atoms with E-state index in [2.05, 4.69) is 4.98 Å². The quantitative estimate of drug-likeness (QED) is 0.351. The topological polar surface area (TPSA) is 84.7 Å². The molecule has 0 radical (unpaired) electrons. The van der Waals surface area contributed by atoms with Gasteiger partial charge < -0.3 is 9.84 Å². The van der Waals surface area contributed by atoms with Gasteiger partial charge in [-0.25, -0.2) is 14.2 Å². The van der Waals surface area contributed by atoms with E-state index in [1.807, 2.05) is 0 Å². The lowest BCUT2D eigenvalue weighted by atomic mass is 10.1. The number of nitrogens with zero attached hydrogens (tertiary/aromatic N) is 3. The Morgan fingerprint density at radius 2 is 2.00 bits per heavy atom. The molecular weight excluding hydrogens is 561 g/mol. The summed E-state index contributed by atoms with van der Waals surface area (Å²) in [6, 6.07) is 4.79. The molecule has 1 fully saturated rings. The van der Waals surface area contributed by atoms with Gasteiger partial charge in [0.05, 0.1) is 35.3 Å². The number of carbonyl (C=O) groups is 1. The van der Waals surface area contributed by atoms with Crippen molar-refractivity contribution in [3.8, 4) is 11.4 Å². The number of fused-ring (bicyclic) bond motifs is 1. The summed E-state index contributed by atoms with van der Waals surface area (Å²) < 4.78 is 61.9. The van der Waals surface area contributed by atoms with E-state index in [1.165, 1.54) is 25.3 Å². The van der Waals surface area contributed by atoms with Gasteiger partial charge in [0, 0.05) is 16.2 Å². The summed E-state index contributed by atoms with van der Waals surface area (Å²) in [5, 5.41) is 9.26. The first-order valence-electron chi connectivity index (χ1n) is 9.69. The maximum Gasteiger partial charge on any atom is 0.418 e. The average Bonchev–Trinajstić information content (AvgIpc) is 3.23. The molecule has 1 aliphatic rings. The molecule has 0 saturated carbocycles. The first-order chi connectivity index (χ1) is 15.5. The van der Waals surface area contributed by atoms with Crippen molar-refractivity contribution in [3.05, 3.63) is 61.5 Å². The van der Waals surface area contributed by atoms with Crippen LogP contribution in [-0.4, -0.2) is 39.3 Å². The molecule has 3 aromatic rings. The summed E-state index contributed by atoms with van der Waals surface area (Å²) in [5.74, 6) is -1.10. The SMILES string of the molecule is COc1ccc(-n2c([C@@H]3CCCN3C(=O)O)nc3c(C(F)(F)F)cc(I)cc3c2=O)cc1F. The number of ether oxygens (including phenoxy) is 1. The Kier molecular flexibility index (Phi) is 5.97. The Labute approximate surface area is 197 Å². The van der Waals surface area contributed by atoms with Crippen molar-refractivity contribution < 1.29 is 32.2 Å². The van der Waals surface area contributed by atoms with Gasteiger partial charge in [0.1, 0.15) is 5.82 Å². The van der Waals surface area contributed by atoms with Crippen LogP contribution < -0.4 is 10.3 Å². The number of carboxylic acid groups (broad SMARTS) is 1. The summed E-state index contributed by atoms with van der Waals surface area (Å²) in [5.41, 5.74) is -2.55. The van der Waals surface area contributed by atoms with Crippen molar-refractivity contribution in [2.75, 3.05) is 13.7 Å². The summed E-state index contributed by atoms with van der Waals surface area (Å²) in [6.07, 6.45) is -5.41. The monoisotopic (exact) mass is 577 g/mol. The van der Waals surface area contributed by atoms with Crippen LogP contribution in [-0.2, 0) is 6.18 Å². The first kappa shape index (κ1) is 23.3. The Balaban J connectivity index is 2.11. The third-order valence-corrected chi connectivity index (χ3v) is 6.08. The van der Waals surface area contributed by atoms with Crippen LogP contribution in [0.2, 0.25) is 0 Å². The second kappa shape index (κ2) is 8.47. The molecule has 7 nitrogen and oxygen atoms in total. The summed E-state index contributed by atoms with van der Waals surface area (Å²) >= 11 is 1.67. The predicted octanol–water partition coefficient (Wildman–Crippen LogP) is 4.97. The van der Waals surface area contributed by atoms with Crippen molar-refractivity contribution in [2.24, 2.45) is 0 Å². The summed E-state index contributed by atoms with van der Waals surface area (Å²) in [7, 11) is 1.26. The lowest BCUT2D eigenvalue weighted by Gasteiger charge is -2.25. The van der Waals surface area contributed by atoms with E-state index in [0.29, 0.717) is 6.42 Å². The van der Waals surface area contributed by atoms with E-state index in [4.69, 9.17) is 4.74 Å². The fourth-order valence-electron chi connectivity index (χ4n) is 4.02. The third-order valence-electron chi connectivity index (χ3n) is 5.46. The smallest absolute Gasteiger partial charge is 0.418 e. The Bertz CT molecular complexity index is 1330. The molecule has 1 amide bonds. The first-order valence-corrected chi connectivity index (χ1v) is 10.8. The number of halogens is 5. The zero-order valence-electron chi connectivity index (χ0n) is 17.0. The van der Waals surface area contributed by atoms with Gasteiger partial charge in [0.2, 0.25) is 0 Å². The number of methoxy groups -OCH3 is 1. The predicted molar refractivity (Wildman–Crippen MR) is 118 cm³/mol. The number of amides is 1. The highest BCUT2D eigenvalue weighted by molar-refractivity contribution is 14.1. The Morgan fingerprint density at radius 1 is 1.27 bits per heavy atom. The molecule has 33 heavy (non-hydrogen) atoms. The minimum Gasteiger partial charge on any atom is -0.494 e. The number of benzene rings is 2. The van der Waals surface area contributed by atoms with E-state index in [0.717, 1.165) is 21.6 Å². The zero-order chi connectivity index (χ0) is 24.1. The molecule has 0 spiro atoms. The van der Waals surface area contributed by atoms with Gasteiger partial charge in [-0.1, -0.05) is 0 Å². The highest BCUT2D eigenvalue weighted by Gasteiger charge is 2.38. The average molecular weight is 577 g/mol. The van der Waals surface area contributed by atoms with Crippen LogP contribution in [0.3, 0.4) is 0 Å². The van der Waals surface area contributed by atoms with Gasteiger partial charge in [0.15, 0.2) is 11.6 Å². The summed E-state index contributed by atoms with van der Waals surface area (Å²) in [4.78, 5) is 30.5. The van der Waals surface area contributed by atoms with Gasteiger partial charge in [-0.2, -0.15) is 13.2 Å². The molecular formula is C21H16F4IN3O4. The number of aromatic nitrogens is 2. The lowest BCUT2D eigenvalue weighted by Crippen LogP contribution is -2.34. The molecule has 1 N–H and O–H groups in total. The highest BCUT2D eigenvalue weighted by atomic mass is 127. The van der Waals surface area contributed by atoms with Crippen LogP contribution in [0.5, 0.6) is 5.75 Å². The largest absolute Gasteiger partial charge is 0.494 e. The van der Waals surface area contributed by atoms with E-state index >= 15 is 0 Å². The number of likely N-dealkylation sites (tertiary alicyclic amines) is 1. The molecule has 1 atom stereocenters. The molecule has 1 saturated heterocycles. The van der Waals surface area contributed by atoms with Gasteiger partial charge in [-0.05, 0) is 59.7 Å². The summed E-state index contributed by atoms with van der Waals surface area (Å²) in [6.45, 7) is 0.129. The van der Waals surface area contributed by atoms with Crippen LogP contribution in [0.1, 0.15) is 30.3 Å². The van der Waals surface area contributed by atoms with Crippen molar-refractivity contribution in [1.82, 2.24) is 14.5 Å². The van der Waals surface area contributed by atoms with Crippen molar-refractivity contribution in [3.63, 3.8) is 0 Å². The van der Waals surface area contributed by atoms with Crippen LogP contribution in [0.4, 0.5) is 22.4 Å². The Morgan fingerprint density at radius 3 is 2.61 bits per heavy atom. The molecule has 0 unspecified atom stereocenters. The van der Waals surface area contributed by atoms with Crippen LogP contribution in [0, 0.1) is 9.39 Å². The van der Waals surface area contributed by atoms with E-state index in [1.54, 1.807) is 22.6 Å². The van der Waals surface area contributed by atoms with Gasteiger partial charge in [-0.3, -0.25) is 14.3 Å². The minimum absolute atomic E-state index is 0.00708. The van der Waals surface area contributed by atoms with E-state index in [9.17, 15) is 32.3 Å². The molecule has 0 bridgehead atoms. The number of rotatable bonds is 3. The highest BCUT2D eigenvalue weighted by Crippen LogP contribution is 2.37. The van der Waals surface area contributed by atoms with Gasteiger partial charge in [-0.15, -0.1) is 0 Å². The Hall–Kier alpha value is -2.90. The molecule has 2 heterocycles. The molecule has 4 rings (SSSR count). The number of hydrogen-bond acceptors (Lipinski definition) is 4. The fourth-order valence-corrected chi connectivity index (χ4v) is 4.64. The van der Waals surface area contributed by atoms with Crippen molar-refractivity contribution in [1.29, 1.82) is 0 Å². The fraction of sp³-hybridized carbons (Fsp3) is 0.286. The standard InChI is InChI=1S/C21H16F4IN3O4/c1-33-16-5-4-11(9-14(16)22)29-18(15-3-2-6-28(15)20(31)32)27-17-12(19(29)30)7-10(26)8-13(17)21(23,24)25/h4-5,7-9,15H,2-3,6H2,1H3,(H,31,32)/t15-/m0/s1. The lowest BCUT2D eigenvalue weighted by molar-refractivity contribution is -0.136. The van der Waals surface area contributed by atoms with Crippen molar-refractivity contribution >= 4 is 39.6 Å². The van der Waals surface area contributed by atoms with Crippen LogP contribution in [0.25, 0.3) is 16.6 Å². The van der Waals surface area contributed by atoms with Gasteiger partial charge in [0.25, 0.3) is 5.56 Å². The second-order valence-corrected chi connectivity index (χ2v) is 8.66. The number of hydrogen-bond donors (Lipinski definition) is 1. The molecule has 2 aromatic carbocycles. The molecule has 1 aromatic heterocycles.